The summed E-state index contributed by atoms with van der Waals surface area (Å²) in [5.74, 6) is -1.20. The molecule has 0 fully saturated rings. The lowest BCUT2D eigenvalue weighted by atomic mass is 9.90. The predicted molar refractivity (Wildman–Crippen MR) is 98.9 cm³/mol. The zero-order chi connectivity index (χ0) is 19.7. The number of aromatic nitrogens is 2. The Kier molecular flexibility index (Phi) is 4.81. The number of H-pyrrole nitrogens is 1. The van der Waals surface area contributed by atoms with Gasteiger partial charge in [0.05, 0.1) is 37.8 Å². The highest BCUT2D eigenvalue weighted by Crippen LogP contribution is 2.33. The van der Waals surface area contributed by atoms with E-state index in [2.05, 4.69) is 9.97 Å². The number of hydrogen-bond donors (Lipinski definition) is 1. The van der Waals surface area contributed by atoms with E-state index < -0.39 is 11.6 Å². The van der Waals surface area contributed by atoms with Gasteiger partial charge >= 0.3 is 0 Å². The number of nitrogens with zero attached hydrogens (tertiary/aromatic N) is 2. The van der Waals surface area contributed by atoms with Crippen LogP contribution in [0.3, 0.4) is 0 Å². The number of methoxy groups -OCH3 is 1. The molecule has 0 bridgehead atoms. The Hall–Kier alpha value is -3.22. The fraction of sp³-hybridized carbons (Fsp3) is 0.238. The van der Waals surface area contributed by atoms with Crippen molar-refractivity contribution in [1.29, 1.82) is 0 Å². The molecule has 0 spiro atoms. The van der Waals surface area contributed by atoms with Crippen molar-refractivity contribution in [3.05, 3.63) is 82.9 Å². The predicted octanol–water partition coefficient (Wildman–Crippen LogP) is 3.41. The second-order valence-electron chi connectivity index (χ2n) is 6.75. The van der Waals surface area contributed by atoms with E-state index >= 15 is 0 Å². The first-order valence-corrected chi connectivity index (χ1v) is 8.93. The van der Waals surface area contributed by atoms with E-state index in [1.54, 1.807) is 18.3 Å². The second-order valence-corrected chi connectivity index (χ2v) is 6.75. The monoisotopic (exact) mass is 383 g/mol. The molecule has 0 radical (unpaired) electrons. The van der Waals surface area contributed by atoms with E-state index in [-0.39, 0.29) is 23.8 Å². The molecule has 1 aliphatic rings. The van der Waals surface area contributed by atoms with Crippen molar-refractivity contribution in [2.75, 3.05) is 13.7 Å². The summed E-state index contributed by atoms with van der Waals surface area (Å²) in [6, 6.07) is 11.2. The van der Waals surface area contributed by atoms with E-state index in [0.717, 1.165) is 29.1 Å². The van der Waals surface area contributed by atoms with Crippen LogP contribution in [0.2, 0.25) is 0 Å². The highest BCUT2D eigenvalue weighted by atomic mass is 19.1. The number of benzene rings is 2. The van der Waals surface area contributed by atoms with Crippen molar-refractivity contribution < 1.29 is 18.3 Å². The zero-order valence-electron chi connectivity index (χ0n) is 15.3. The lowest BCUT2D eigenvalue weighted by Crippen LogP contribution is -2.39. The number of hydrogen-bond acceptors (Lipinski definition) is 3. The van der Waals surface area contributed by atoms with Crippen LogP contribution in [0.4, 0.5) is 8.78 Å². The highest BCUT2D eigenvalue weighted by Gasteiger charge is 2.32. The van der Waals surface area contributed by atoms with Gasteiger partial charge in [-0.25, -0.2) is 13.8 Å². The summed E-state index contributed by atoms with van der Waals surface area (Å²) in [4.78, 5) is 21.9. The molecule has 1 amide bonds. The molecular formula is C21H19F2N3O2. The zero-order valence-corrected chi connectivity index (χ0v) is 15.3. The largest absolute Gasteiger partial charge is 0.497 e. The molecule has 1 atom stereocenters. The van der Waals surface area contributed by atoms with Gasteiger partial charge in [-0.05, 0) is 29.8 Å². The number of amides is 1. The second kappa shape index (κ2) is 7.42. The molecule has 2 heterocycles. The van der Waals surface area contributed by atoms with Gasteiger partial charge in [0.15, 0.2) is 0 Å². The van der Waals surface area contributed by atoms with Gasteiger partial charge in [0.25, 0.3) is 0 Å². The molecule has 1 aliphatic heterocycles. The number of ether oxygens (including phenoxy) is 1. The van der Waals surface area contributed by atoms with Gasteiger partial charge in [-0.2, -0.15) is 0 Å². The number of rotatable bonds is 4. The number of halogens is 2. The molecule has 5 nitrogen and oxygen atoms in total. The normalized spacial score (nSPS) is 16.0. The summed E-state index contributed by atoms with van der Waals surface area (Å²) in [6.07, 6.45) is 1.27. The maximum atomic E-state index is 14.0. The van der Waals surface area contributed by atoms with Crippen molar-refractivity contribution in [3.8, 4) is 5.75 Å². The molecule has 144 valence electrons. The summed E-state index contributed by atoms with van der Waals surface area (Å²) in [5, 5.41) is 0. The van der Waals surface area contributed by atoms with Crippen LogP contribution >= 0.6 is 0 Å². The van der Waals surface area contributed by atoms with Crippen LogP contribution in [0.1, 0.15) is 28.4 Å². The summed E-state index contributed by atoms with van der Waals surface area (Å²) in [7, 11) is 1.60. The van der Waals surface area contributed by atoms with E-state index in [4.69, 9.17) is 4.74 Å². The van der Waals surface area contributed by atoms with Crippen molar-refractivity contribution in [2.45, 2.75) is 18.9 Å². The summed E-state index contributed by atoms with van der Waals surface area (Å²) >= 11 is 0. The Balaban J connectivity index is 1.62. The quantitative estimate of drug-likeness (QED) is 0.751. The minimum Gasteiger partial charge on any atom is -0.497 e. The molecule has 28 heavy (non-hydrogen) atoms. The number of carbonyl (C=O) groups is 1. The van der Waals surface area contributed by atoms with E-state index in [0.29, 0.717) is 18.8 Å². The number of nitrogens with one attached hydrogen (secondary N) is 1. The standard InChI is InChI=1S/C21H19F2N3O2/c1-28-14-5-2-4-13(8-14)16-10-26(11-19-21(16)25-12-24-19)20(27)9-15-17(22)6-3-7-18(15)23/h2-8,12,16H,9-11H2,1H3,(H,24,25). The Labute approximate surface area is 161 Å². The van der Waals surface area contributed by atoms with Gasteiger partial charge in [0.1, 0.15) is 17.4 Å². The fourth-order valence-corrected chi connectivity index (χ4v) is 3.60. The van der Waals surface area contributed by atoms with Gasteiger partial charge in [-0.15, -0.1) is 0 Å². The topological polar surface area (TPSA) is 58.2 Å². The molecule has 3 aromatic rings. The van der Waals surface area contributed by atoms with Crippen LogP contribution in [0, 0.1) is 11.6 Å². The molecule has 0 aliphatic carbocycles. The first kappa shape index (κ1) is 18.2. The summed E-state index contributed by atoms with van der Waals surface area (Å²) in [5.41, 5.74) is 2.44. The van der Waals surface area contributed by atoms with Crippen molar-refractivity contribution in [1.82, 2.24) is 14.9 Å². The Morgan fingerprint density at radius 1 is 1.25 bits per heavy atom. The molecule has 1 unspecified atom stereocenters. The van der Waals surface area contributed by atoms with Crippen LogP contribution in [0.25, 0.3) is 0 Å². The molecule has 1 N–H and O–H groups in total. The van der Waals surface area contributed by atoms with Crippen LogP contribution in [-0.4, -0.2) is 34.4 Å². The fourth-order valence-electron chi connectivity index (χ4n) is 3.60. The maximum Gasteiger partial charge on any atom is 0.227 e. The van der Waals surface area contributed by atoms with E-state index in [1.807, 2.05) is 24.3 Å². The molecular weight excluding hydrogens is 364 g/mol. The first-order valence-electron chi connectivity index (χ1n) is 8.93. The van der Waals surface area contributed by atoms with Crippen molar-refractivity contribution >= 4 is 5.91 Å². The average molecular weight is 383 g/mol. The lowest BCUT2D eigenvalue weighted by molar-refractivity contribution is -0.131. The first-order chi connectivity index (χ1) is 13.6. The van der Waals surface area contributed by atoms with Gasteiger partial charge in [0.2, 0.25) is 5.91 Å². The summed E-state index contributed by atoms with van der Waals surface area (Å²) < 4.78 is 33.2. The van der Waals surface area contributed by atoms with E-state index in [9.17, 15) is 13.6 Å². The maximum absolute atomic E-state index is 14.0. The molecule has 2 aromatic carbocycles. The van der Waals surface area contributed by atoms with Crippen molar-refractivity contribution in [3.63, 3.8) is 0 Å². The van der Waals surface area contributed by atoms with Gasteiger partial charge in [-0.3, -0.25) is 4.79 Å². The third kappa shape index (κ3) is 3.35. The third-order valence-corrected chi connectivity index (χ3v) is 5.07. The van der Waals surface area contributed by atoms with E-state index in [1.165, 1.54) is 6.07 Å². The minimum absolute atomic E-state index is 0.153. The SMILES string of the molecule is COc1cccc(C2CN(C(=O)Cc3c(F)cccc3F)Cc3[nH]cnc32)c1. The molecule has 0 saturated heterocycles. The number of carbonyl (C=O) groups excluding carboxylic acids is 1. The van der Waals surface area contributed by atoms with Gasteiger partial charge in [-0.1, -0.05) is 18.2 Å². The number of imidazole rings is 1. The molecule has 7 heteroatoms. The van der Waals surface area contributed by atoms with Crippen LogP contribution in [0.5, 0.6) is 5.75 Å². The van der Waals surface area contributed by atoms with Gasteiger partial charge < -0.3 is 14.6 Å². The Morgan fingerprint density at radius 3 is 2.75 bits per heavy atom. The number of fused-ring (bicyclic) bond motifs is 1. The molecule has 0 saturated carbocycles. The van der Waals surface area contributed by atoms with Crippen LogP contribution < -0.4 is 4.74 Å². The molecule has 4 rings (SSSR count). The molecule has 1 aromatic heterocycles. The average Bonchev–Trinajstić information content (AvgIpc) is 3.18. The number of aromatic amines is 1. The summed E-state index contributed by atoms with van der Waals surface area (Å²) in [6.45, 7) is 0.699. The Bertz CT molecular complexity index is 998. The minimum atomic E-state index is -0.711. The van der Waals surface area contributed by atoms with Crippen molar-refractivity contribution in [2.24, 2.45) is 0 Å². The van der Waals surface area contributed by atoms with Crippen LogP contribution in [0.15, 0.2) is 48.8 Å². The lowest BCUT2D eigenvalue weighted by Gasteiger charge is -2.32. The van der Waals surface area contributed by atoms with Crippen LogP contribution in [-0.2, 0) is 17.8 Å². The highest BCUT2D eigenvalue weighted by molar-refractivity contribution is 5.79. The van der Waals surface area contributed by atoms with Gasteiger partial charge in [0, 0.05) is 18.0 Å². The Morgan fingerprint density at radius 2 is 2.00 bits per heavy atom. The third-order valence-electron chi connectivity index (χ3n) is 5.07. The smallest absolute Gasteiger partial charge is 0.227 e.